The van der Waals surface area contributed by atoms with Crippen molar-refractivity contribution < 1.29 is 14.3 Å². The molecule has 1 aromatic rings. The molecule has 1 atom stereocenters. The molecule has 1 unspecified atom stereocenters. The van der Waals surface area contributed by atoms with Crippen LogP contribution in [0.25, 0.3) is 0 Å². The van der Waals surface area contributed by atoms with Crippen LogP contribution in [-0.2, 0) is 0 Å². The van der Waals surface area contributed by atoms with Gasteiger partial charge in [-0.25, -0.2) is 9.18 Å². The quantitative estimate of drug-likeness (QED) is 0.863. The van der Waals surface area contributed by atoms with Gasteiger partial charge in [-0.3, -0.25) is 0 Å². The van der Waals surface area contributed by atoms with Gasteiger partial charge in [-0.2, -0.15) is 0 Å². The van der Waals surface area contributed by atoms with Gasteiger partial charge in [-0.1, -0.05) is 0 Å². The van der Waals surface area contributed by atoms with Crippen molar-refractivity contribution in [2.24, 2.45) is 5.92 Å². The minimum Gasteiger partial charge on any atom is -0.396 e. The molecule has 2 rings (SSSR count). The van der Waals surface area contributed by atoms with E-state index in [-0.39, 0.29) is 24.4 Å². The molecule has 1 aliphatic heterocycles. The van der Waals surface area contributed by atoms with Gasteiger partial charge < -0.3 is 15.3 Å². The molecule has 19 heavy (non-hydrogen) atoms. The third-order valence-corrected chi connectivity index (χ3v) is 3.47. The van der Waals surface area contributed by atoms with Gasteiger partial charge in [0.1, 0.15) is 5.82 Å². The zero-order valence-corrected chi connectivity index (χ0v) is 11.0. The Bertz CT molecular complexity index is 465. The highest BCUT2D eigenvalue weighted by Crippen LogP contribution is 2.18. The lowest BCUT2D eigenvalue weighted by Crippen LogP contribution is -2.43. The number of benzene rings is 1. The van der Waals surface area contributed by atoms with Crippen LogP contribution >= 0.6 is 0 Å². The molecule has 4 nitrogen and oxygen atoms in total. The highest BCUT2D eigenvalue weighted by atomic mass is 19.1. The highest BCUT2D eigenvalue weighted by molar-refractivity contribution is 5.89. The fraction of sp³-hybridized carbons (Fsp3) is 0.500. The lowest BCUT2D eigenvalue weighted by Gasteiger charge is -2.31. The van der Waals surface area contributed by atoms with Crippen molar-refractivity contribution >= 4 is 11.7 Å². The largest absolute Gasteiger partial charge is 0.396 e. The summed E-state index contributed by atoms with van der Waals surface area (Å²) in [7, 11) is 0. The van der Waals surface area contributed by atoms with E-state index >= 15 is 0 Å². The first-order valence-corrected chi connectivity index (χ1v) is 6.53. The van der Waals surface area contributed by atoms with Crippen LogP contribution in [-0.4, -0.2) is 35.7 Å². The van der Waals surface area contributed by atoms with E-state index in [1.807, 2.05) is 0 Å². The van der Waals surface area contributed by atoms with E-state index in [9.17, 15) is 9.18 Å². The fourth-order valence-electron chi connectivity index (χ4n) is 2.32. The number of halogens is 1. The predicted octanol–water partition coefficient (Wildman–Crippen LogP) is 2.37. The summed E-state index contributed by atoms with van der Waals surface area (Å²) in [6, 6.07) is 4.32. The van der Waals surface area contributed by atoms with Crippen molar-refractivity contribution in [3.8, 4) is 0 Å². The molecule has 0 spiro atoms. The first-order chi connectivity index (χ1) is 9.10. The van der Waals surface area contributed by atoms with E-state index in [1.54, 1.807) is 24.0 Å². The van der Waals surface area contributed by atoms with Crippen molar-refractivity contribution in [3.63, 3.8) is 0 Å². The van der Waals surface area contributed by atoms with Crippen LogP contribution in [0, 0.1) is 18.7 Å². The van der Waals surface area contributed by atoms with Crippen LogP contribution in [0.4, 0.5) is 14.9 Å². The van der Waals surface area contributed by atoms with E-state index in [0.717, 1.165) is 12.8 Å². The Morgan fingerprint density at radius 2 is 2.37 bits per heavy atom. The summed E-state index contributed by atoms with van der Waals surface area (Å²) >= 11 is 0. The number of hydrogen-bond acceptors (Lipinski definition) is 2. The van der Waals surface area contributed by atoms with Crippen LogP contribution in [0.3, 0.4) is 0 Å². The van der Waals surface area contributed by atoms with Crippen LogP contribution in [0.5, 0.6) is 0 Å². The Morgan fingerprint density at radius 3 is 3.05 bits per heavy atom. The van der Waals surface area contributed by atoms with Crippen LogP contribution in [0.1, 0.15) is 18.4 Å². The summed E-state index contributed by atoms with van der Waals surface area (Å²) in [4.78, 5) is 13.8. The molecule has 0 bridgehead atoms. The van der Waals surface area contributed by atoms with E-state index in [4.69, 9.17) is 5.11 Å². The molecule has 2 N–H and O–H groups in total. The second-order valence-electron chi connectivity index (χ2n) is 5.03. The average molecular weight is 266 g/mol. The summed E-state index contributed by atoms with van der Waals surface area (Å²) < 4.78 is 13.1. The minimum atomic E-state index is -0.281. The van der Waals surface area contributed by atoms with Gasteiger partial charge in [0, 0.05) is 25.4 Å². The van der Waals surface area contributed by atoms with Crippen molar-refractivity contribution in [1.82, 2.24) is 4.90 Å². The van der Waals surface area contributed by atoms with E-state index in [1.165, 1.54) is 6.07 Å². The maximum Gasteiger partial charge on any atom is 0.321 e. The molecular weight excluding hydrogens is 247 g/mol. The fourth-order valence-corrected chi connectivity index (χ4v) is 2.32. The van der Waals surface area contributed by atoms with Crippen LogP contribution in [0.2, 0.25) is 0 Å². The Balaban J connectivity index is 1.98. The molecule has 0 saturated carbocycles. The molecule has 1 saturated heterocycles. The number of piperidine rings is 1. The molecule has 0 radical (unpaired) electrons. The van der Waals surface area contributed by atoms with Crippen LogP contribution in [0.15, 0.2) is 18.2 Å². The van der Waals surface area contributed by atoms with Gasteiger partial charge in [-0.15, -0.1) is 0 Å². The topological polar surface area (TPSA) is 52.6 Å². The molecule has 1 fully saturated rings. The third-order valence-electron chi connectivity index (χ3n) is 3.47. The van der Waals surface area contributed by atoms with Gasteiger partial charge in [0.25, 0.3) is 0 Å². The zero-order chi connectivity index (χ0) is 13.8. The number of anilines is 1. The average Bonchev–Trinajstić information content (AvgIpc) is 2.43. The molecule has 5 heteroatoms. The standard InChI is InChI=1S/C14H19FN2O2/c1-10-7-12(4-5-13(10)15)16-14(19)17-6-2-3-11(8-17)9-18/h4-5,7,11,18H,2-3,6,8-9H2,1H3,(H,16,19). The number of urea groups is 1. The summed E-state index contributed by atoms with van der Waals surface area (Å²) in [6.45, 7) is 3.04. The third kappa shape index (κ3) is 3.44. The number of likely N-dealkylation sites (tertiary alicyclic amines) is 1. The number of aryl methyl sites for hydroxylation is 1. The van der Waals surface area contributed by atoms with Gasteiger partial charge >= 0.3 is 6.03 Å². The van der Waals surface area contributed by atoms with Crippen molar-refractivity contribution in [2.75, 3.05) is 25.0 Å². The molecule has 104 valence electrons. The lowest BCUT2D eigenvalue weighted by atomic mass is 9.99. The lowest BCUT2D eigenvalue weighted by molar-refractivity contribution is 0.136. The minimum absolute atomic E-state index is 0.111. The highest BCUT2D eigenvalue weighted by Gasteiger charge is 2.23. The number of nitrogens with zero attached hydrogens (tertiary/aromatic N) is 1. The second kappa shape index (κ2) is 6.02. The molecular formula is C14H19FN2O2. The van der Waals surface area contributed by atoms with E-state index in [2.05, 4.69) is 5.32 Å². The number of aliphatic hydroxyl groups is 1. The van der Waals surface area contributed by atoms with Crippen molar-refractivity contribution in [2.45, 2.75) is 19.8 Å². The van der Waals surface area contributed by atoms with Crippen molar-refractivity contribution in [1.29, 1.82) is 0 Å². The Kier molecular flexibility index (Phi) is 4.37. The monoisotopic (exact) mass is 266 g/mol. The SMILES string of the molecule is Cc1cc(NC(=O)N2CCCC(CO)C2)ccc1F. The summed E-state index contributed by atoms with van der Waals surface area (Å²) in [5, 5.41) is 11.9. The molecule has 1 aliphatic rings. The summed E-state index contributed by atoms with van der Waals surface area (Å²) in [5.41, 5.74) is 1.10. The van der Waals surface area contributed by atoms with Gasteiger partial charge in [0.2, 0.25) is 0 Å². The number of rotatable bonds is 2. The van der Waals surface area contributed by atoms with Gasteiger partial charge in [0.15, 0.2) is 0 Å². The molecule has 0 aromatic heterocycles. The summed E-state index contributed by atoms with van der Waals surface area (Å²) in [5.74, 6) is -0.120. The van der Waals surface area contributed by atoms with Crippen LogP contribution < -0.4 is 5.32 Å². The Morgan fingerprint density at radius 1 is 1.58 bits per heavy atom. The van der Waals surface area contributed by atoms with E-state index < -0.39 is 0 Å². The first kappa shape index (κ1) is 13.8. The number of nitrogens with one attached hydrogen (secondary N) is 1. The van der Waals surface area contributed by atoms with Crippen molar-refractivity contribution in [3.05, 3.63) is 29.6 Å². The van der Waals surface area contributed by atoms with E-state index in [0.29, 0.717) is 24.3 Å². The zero-order valence-electron chi connectivity index (χ0n) is 11.0. The number of hydrogen-bond donors (Lipinski definition) is 2. The molecule has 1 aromatic carbocycles. The summed E-state index contributed by atoms with van der Waals surface area (Å²) in [6.07, 6.45) is 1.86. The number of carbonyl (C=O) groups is 1. The Hall–Kier alpha value is -1.62. The van der Waals surface area contributed by atoms with Gasteiger partial charge in [0.05, 0.1) is 0 Å². The number of amides is 2. The first-order valence-electron chi connectivity index (χ1n) is 6.53. The smallest absolute Gasteiger partial charge is 0.321 e. The molecule has 0 aliphatic carbocycles. The normalized spacial score (nSPS) is 19.3. The Labute approximate surface area is 112 Å². The predicted molar refractivity (Wildman–Crippen MR) is 71.5 cm³/mol. The van der Waals surface area contributed by atoms with Gasteiger partial charge in [-0.05, 0) is 49.4 Å². The maximum absolute atomic E-state index is 13.1. The maximum atomic E-state index is 13.1. The number of aliphatic hydroxyl groups excluding tert-OH is 1. The molecule has 2 amide bonds. The number of carbonyl (C=O) groups excluding carboxylic acids is 1. The molecule has 1 heterocycles. The second-order valence-corrected chi connectivity index (χ2v) is 5.03.